The maximum atomic E-state index is 13.8. The summed E-state index contributed by atoms with van der Waals surface area (Å²) in [4.78, 5) is 33.7. The molecule has 3 N–H and O–H groups in total. The molecule has 0 bridgehead atoms. The van der Waals surface area contributed by atoms with Crippen molar-refractivity contribution >= 4 is 44.7 Å². The first-order valence-electron chi connectivity index (χ1n) is 12.7. The number of benzene rings is 1. The van der Waals surface area contributed by atoms with Gasteiger partial charge in [0.05, 0.1) is 23.3 Å². The number of hydrogen-bond acceptors (Lipinski definition) is 7. The van der Waals surface area contributed by atoms with E-state index in [9.17, 15) is 27.2 Å². The summed E-state index contributed by atoms with van der Waals surface area (Å²) in [5.74, 6) is -2.33. The van der Waals surface area contributed by atoms with Crippen molar-refractivity contribution in [2.75, 3.05) is 5.32 Å². The Morgan fingerprint density at radius 3 is 2.51 bits per heavy atom. The number of anilines is 1. The van der Waals surface area contributed by atoms with Gasteiger partial charge in [-0.3, -0.25) is 14.3 Å². The van der Waals surface area contributed by atoms with Gasteiger partial charge in [-0.15, -0.1) is 11.3 Å². The van der Waals surface area contributed by atoms with E-state index in [1.165, 1.54) is 29.0 Å². The average Bonchev–Trinajstić information content (AvgIpc) is 3.67. The number of aromatic nitrogens is 6. The van der Waals surface area contributed by atoms with Crippen molar-refractivity contribution in [1.29, 1.82) is 0 Å². The number of amides is 2. The molecule has 6 aromatic rings. The second kappa shape index (κ2) is 10.3. The van der Waals surface area contributed by atoms with Crippen molar-refractivity contribution in [3.63, 3.8) is 0 Å². The van der Waals surface area contributed by atoms with Crippen LogP contribution in [0.25, 0.3) is 38.2 Å². The number of alkyl halides is 3. The standard InChI is InChI=1S/C28H20F4N8O2S/c1-3-39-12-18(13(2)38-39)19-8-9-34-25-17(11-35-40(19)25)26(42)37-22-21-16(14-4-6-15(29)7-5-14)10-20(28(30,31)32)36-27(21)43-23(22)24(33)41/h4-12H,3H2,1-2H3,(H2,33,41)(H,37,42). The van der Waals surface area contributed by atoms with Gasteiger partial charge in [0.2, 0.25) is 0 Å². The minimum atomic E-state index is -4.82. The highest BCUT2D eigenvalue weighted by Crippen LogP contribution is 2.44. The molecular weight excluding hydrogens is 588 g/mol. The van der Waals surface area contributed by atoms with Crippen LogP contribution in [0.15, 0.2) is 55.0 Å². The molecule has 15 heteroatoms. The first-order chi connectivity index (χ1) is 20.5. The quantitative estimate of drug-likeness (QED) is 0.233. The number of nitrogens with one attached hydrogen (secondary N) is 1. The monoisotopic (exact) mass is 608 g/mol. The minimum absolute atomic E-state index is 0.0277. The lowest BCUT2D eigenvalue weighted by Crippen LogP contribution is -2.17. The van der Waals surface area contributed by atoms with Crippen LogP contribution in [0.5, 0.6) is 0 Å². The Hall–Kier alpha value is -5.18. The van der Waals surface area contributed by atoms with E-state index in [1.807, 2.05) is 20.0 Å². The van der Waals surface area contributed by atoms with Crippen LogP contribution >= 0.6 is 11.3 Å². The van der Waals surface area contributed by atoms with Gasteiger partial charge in [0.15, 0.2) is 5.65 Å². The van der Waals surface area contributed by atoms with E-state index in [-0.39, 0.29) is 43.1 Å². The normalized spacial score (nSPS) is 11.9. The SMILES string of the molecule is CCn1cc(-c2ccnc3c(C(=O)Nc4c(C(N)=O)sc5nc(C(F)(F)F)cc(-c6ccc(F)cc6)c45)cnn23)c(C)n1. The van der Waals surface area contributed by atoms with Gasteiger partial charge in [-0.05, 0) is 49.2 Å². The topological polar surface area (TPSA) is 133 Å². The van der Waals surface area contributed by atoms with Gasteiger partial charge in [-0.1, -0.05) is 12.1 Å². The first-order valence-corrected chi connectivity index (χ1v) is 13.6. The summed E-state index contributed by atoms with van der Waals surface area (Å²) >= 11 is 0.603. The molecule has 0 radical (unpaired) electrons. The molecule has 5 heterocycles. The Bertz CT molecular complexity index is 2060. The highest BCUT2D eigenvalue weighted by molar-refractivity contribution is 7.21. The van der Waals surface area contributed by atoms with Crippen LogP contribution in [0.4, 0.5) is 23.2 Å². The predicted molar refractivity (Wildman–Crippen MR) is 151 cm³/mol. The molecule has 0 saturated heterocycles. The largest absolute Gasteiger partial charge is 0.433 e. The number of nitrogens with two attached hydrogens (primary N) is 1. The smallest absolute Gasteiger partial charge is 0.365 e. The molecule has 0 aliphatic rings. The van der Waals surface area contributed by atoms with Crippen LogP contribution in [0.1, 0.15) is 38.3 Å². The molecule has 0 saturated carbocycles. The fraction of sp³-hybridized carbons (Fsp3) is 0.143. The molecule has 5 aromatic heterocycles. The number of nitrogens with zero attached hydrogens (tertiary/aromatic N) is 6. The second-order valence-electron chi connectivity index (χ2n) is 9.47. The summed E-state index contributed by atoms with van der Waals surface area (Å²) in [7, 11) is 0. The van der Waals surface area contributed by atoms with E-state index in [0.717, 1.165) is 29.5 Å². The van der Waals surface area contributed by atoms with Crippen molar-refractivity contribution in [3.05, 3.63) is 82.6 Å². The van der Waals surface area contributed by atoms with Crippen molar-refractivity contribution in [2.24, 2.45) is 5.73 Å². The molecule has 1 aromatic carbocycles. The molecule has 0 aliphatic heterocycles. The van der Waals surface area contributed by atoms with Gasteiger partial charge in [0.25, 0.3) is 11.8 Å². The molecular formula is C28H20F4N8O2S. The van der Waals surface area contributed by atoms with Crippen LogP contribution in [0.2, 0.25) is 0 Å². The van der Waals surface area contributed by atoms with Crippen LogP contribution in [0.3, 0.4) is 0 Å². The van der Waals surface area contributed by atoms with Crippen LogP contribution in [-0.2, 0) is 12.7 Å². The van der Waals surface area contributed by atoms with E-state index in [2.05, 4.69) is 25.5 Å². The molecule has 0 spiro atoms. The first kappa shape index (κ1) is 28.0. The van der Waals surface area contributed by atoms with Gasteiger partial charge < -0.3 is 11.1 Å². The Morgan fingerprint density at radius 2 is 1.86 bits per heavy atom. The predicted octanol–water partition coefficient (Wildman–Crippen LogP) is 5.71. The van der Waals surface area contributed by atoms with E-state index in [4.69, 9.17) is 5.73 Å². The lowest BCUT2D eigenvalue weighted by atomic mass is 10.0. The Balaban J connectivity index is 1.50. The van der Waals surface area contributed by atoms with E-state index in [1.54, 1.807) is 10.7 Å². The molecule has 0 unspecified atom stereocenters. The molecule has 0 aliphatic carbocycles. The van der Waals surface area contributed by atoms with Crippen LogP contribution in [0, 0.1) is 12.7 Å². The minimum Gasteiger partial charge on any atom is -0.365 e. The molecule has 0 atom stereocenters. The third-order valence-electron chi connectivity index (χ3n) is 6.76. The summed E-state index contributed by atoms with van der Waals surface area (Å²) in [5, 5.41) is 11.5. The highest BCUT2D eigenvalue weighted by Gasteiger charge is 2.35. The lowest BCUT2D eigenvalue weighted by Gasteiger charge is -2.12. The van der Waals surface area contributed by atoms with Gasteiger partial charge in [-0.25, -0.2) is 18.9 Å². The zero-order valence-electron chi connectivity index (χ0n) is 22.4. The van der Waals surface area contributed by atoms with E-state index in [0.29, 0.717) is 23.6 Å². The van der Waals surface area contributed by atoms with Crippen molar-refractivity contribution in [1.82, 2.24) is 29.4 Å². The summed E-state index contributed by atoms with van der Waals surface area (Å²) in [6.07, 6.45) is -0.174. The van der Waals surface area contributed by atoms with Crippen LogP contribution < -0.4 is 11.1 Å². The Morgan fingerprint density at radius 1 is 1.12 bits per heavy atom. The van der Waals surface area contributed by atoms with E-state index >= 15 is 0 Å². The number of halogens is 4. The number of carbonyl (C=O) groups excluding carboxylic acids is 2. The van der Waals surface area contributed by atoms with Crippen LogP contribution in [-0.4, -0.2) is 41.2 Å². The highest BCUT2D eigenvalue weighted by atomic mass is 32.1. The van der Waals surface area contributed by atoms with E-state index < -0.39 is 29.5 Å². The maximum Gasteiger partial charge on any atom is 0.433 e. The van der Waals surface area contributed by atoms with Gasteiger partial charge in [0.1, 0.15) is 26.8 Å². The third-order valence-corrected chi connectivity index (χ3v) is 7.86. The summed E-state index contributed by atoms with van der Waals surface area (Å²) < 4.78 is 58.3. The van der Waals surface area contributed by atoms with Gasteiger partial charge in [-0.2, -0.15) is 23.4 Å². The van der Waals surface area contributed by atoms with Gasteiger partial charge >= 0.3 is 6.18 Å². The summed E-state index contributed by atoms with van der Waals surface area (Å²) in [6, 6.07) is 7.26. The van der Waals surface area contributed by atoms with Crippen molar-refractivity contribution in [2.45, 2.75) is 26.6 Å². The number of aryl methyl sites for hydroxylation is 2. The van der Waals surface area contributed by atoms with Crippen molar-refractivity contribution in [3.8, 4) is 22.4 Å². The number of rotatable bonds is 6. The fourth-order valence-corrected chi connectivity index (χ4v) is 5.77. The summed E-state index contributed by atoms with van der Waals surface area (Å²) in [5.41, 5.74) is 6.77. The average molecular weight is 609 g/mol. The third kappa shape index (κ3) is 4.86. The molecule has 218 valence electrons. The molecule has 6 rings (SSSR count). The molecule has 2 amide bonds. The number of pyridine rings is 1. The zero-order chi connectivity index (χ0) is 30.6. The van der Waals surface area contributed by atoms with Crippen molar-refractivity contribution < 1.29 is 27.2 Å². The summed E-state index contributed by atoms with van der Waals surface area (Å²) in [6.45, 7) is 4.44. The molecule has 10 nitrogen and oxygen atoms in total. The maximum absolute atomic E-state index is 13.8. The fourth-order valence-electron chi connectivity index (χ4n) is 4.76. The lowest BCUT2D eigenvalue weighted by molar-refractivity contribution is -0.140. The number of primary amides is 1. The molecule has 43 heavy (non-hydrogen) atoms. The zero-order valence-corrected chi connectivity index (χ0v) is 23.2. The Kier molecular flexibility index (Phi) is 6.68. The Labute approximate surface area is 243 Å². The number of carbonyl (C=O) groups is 2. The number of fused-ring (bicyclic) bond motifs is 2. The number of thiophene rings is 1. The number of hydrogen-bond donors (Lipinski definition) is 2. The van der Waals surface area contributed by atoms with Gasteiger partial charge in [0, 0.05) is 29.9 Å². The molecule has 0 fully saturated rings. The second-order valence-corrected chi connectivity index (χ2v) is 10.5.